The number of rotatable bonds is 7. The summed E-state index contributed by atoms with van der Waals surface area (Å²) in [5.41, 5.74) is 6.31. The molecule has 1 aliphatic rings. The summed E-state index contributed by atoms with van der Waals surface area (Å²) in [6.07, 6.45) is 7.29. The lowest BCUT2D eigenvalue weighted by Gasteiger charge is -2.25. The van der Waals surface area contributed by atoms with E-state index in [2.05, 4.69) is 50.9 Å². The minimum atomic E-state index is 0.370. The van der Waals surface area contributed by atoms with Crippen LogP contribution in [0.15, 0.2) is 67.0 Å². The molecule has 2 N–H and O–H groups in total. The normalized spacial score (nSPS) is 16.1. The van der Waals surface area contributed by atoms with Crippen molar-refractivity contribution in [1.82, 2.24) is 20.6 Å². The number of hydrogen-bond donors (Lipinski definition) is 2. The highest BCUT2D eigenvalue weighted by Crippen LogP contribution is 2.27. The number of benzene rings is 1. The molecule has 0 spiro atoms. The first kappa shape index (κ1) is 17.8. The van der Waals surface area contributed by atoms with Gasteiger partial charge < -0.3 is 10.6 Å². The van der Waals surface area contributed by atoms with E-state index >= 15 is 0 Å². The molecular weight excluding hydrogens is 332 g/mol. The topological polar surface area (TPSA) is 49.8 Å². The van der Waals surface area contributed by atoms with Gasteiger partial charge in [0, 0.05) is 32.0 Å². The molecule has 1 aliphatic carbocycles. The third kappa shape index (κ3) is 4.79. The molecule has 4 heteroatoms. The molecule has 2 heterocycles. The summed E-state index contributed by atoms with van der Waals surface area (Å²) in [6, 6.07) is 19.5. The monoisotopic (exact) mass is 358 g/mol. The van der Waals surface area contributed by atoms with Crippen LogP contribution in [0.3, 0.4) is 0 Å². The van der Waals surface area contributed by atoms with Crippen LogP contribution < -0.4 is 10.6 Å². The van der Waals surface area contributed by atoms with Crippen molar-refractivity contribution >= 4 is 0 Å². The molecule has 3 aromatic rings. The van der Waals surface area contributed by atoms with E-state index in [1.807, 2.05) is 36.7 Å². The highest BCUT2D eigenvalue weighted by Gasteiger charge is 2.20. The maximum Gasteiger partial charge on any atom is 0.0605 e. The van der Waals surface area contributed by atoms with Gasteiger partial charge in [-0.2, -0.15) is 0 Å². The first-order valence-electron chi connectivity index (χ1n) is 9.74. The molecule has 0 saturated carbocycles. The Morgan fingerprint density at radius 1 is 0.815 bits per heavy atom. The molecule has 0 radical (unpaired) electrons. The van der Waals surface area contributed by atoms with Crippen LogP contribution >= 0.6 is 0 Å². The summed E-state index contributed by atoms with van der Waals surface area (Å²) in [4.78, 5) is 8.94. The van der Waals surface area contributed by atoms with Crippen LogP contribution in [-0.4, -0.2) is 9.97 Å². The second-order valence-electron chi connectivity index (χ2n) is 7.11. The van der Waals surface area contributed by atoms with Crippen LogP contribution in [0, 0.1) is 0 Å². The molecule has 1 atom stereocenters. The summed E-state index contributed by atoms with van der Waals surface area (Å²) in [6.45, 7) is 2.52. The number of aryl methyl sites for hydroxylation is 1. The van der Waals surface area contributed by atoms with Gasteiger partial charge in [-0.3, -0.25) is 9.97 Å². The Kier molecular flexibility index (Phi) is 5.87. The fourth-order valence-corrected chi connectivity index (χ4v) is 3.66. The molecule has 0 amide bonds. The van der Waals surface area contributed by atoms with Crippen LogP contribution in [0.1, 0.15) is 47.0 Å². The van der Waals surface area contributed by atoms with E-state index in [-0.39, 0.29) is 0 Å². The van der Waals surface area contributed by atoms with Gasteiger partial charge in [-0.05, 0) is 54.2 Å². The lowest BCUT2D eigenvalue weighted by molar-refractivity contribution is 0.447. The smallest absolute Gasteiger partial charge is 0.0605 e. The van der Waals surface area contributed by atoms with Gasteiger partial charge in [-0.1, -0.05) is 36.4 Å². The highest BCUT2D eigenvalue weighted by atomic mass is 14.9. The minimum Gasteiger partial charge on any atom is -0.307 e. The Morgan fingerprint density at radius 3 is 2.44 bits per heavy atom. The zero-order valence-corrected chi connectivity index (χ0v) is 15.6. The van der Waals surface area contributed by atoms with Crippen LogP contribution in [0.5, 0.6) is 0 Å². The summed E-state index contributed by atoms with van der Waals surface area (Å²) in [5, 5.41) is 7.14. The van der Waals surface area contributed by atoms with Gasteiger partial charge in [0.2, 0.25) is 0 Å². The SMILES string of the molecule is c1ccc(CNCc2ccc(CNC3CCCc4cccnc43)cc2)nc1. The van der Waals surface area contributed by atoms with E-state index < -0.39 is 0 Å². The second kappa shape index (κ2) is 8.89. The van der Waals surface area contributed by atoms with Crippen molar-refractivity contribution in [1.29, 1.82) is 0 Å². The Morgan fingerprint density at radius 2 is 1.63 bits per heavy atom. The lowest BCUT2D eigenvalue weighted by Crippen LogP contribution is -2.25. The molecule has 0 bridgehead atoms. The van der Waals surface area contributed by atoms with Crippen molar-refractivity contribution in [3.8, 4) is 0 Å². The first-order valence-corrected chi connectivity index (χ1v) is 9.74. The number of fused-ring (bicyclic) bond motifs is 1. The van der Waals surface area contributed by atoms with Crippen molar-refractivity contribution in [3.05, 3.63) is 95.1 Å². The van der Waals surface area contributed by atoms with Crippen LogP contribution in [0.4, 0.5) is 0 Å². The summed E-state index contributed by atoms with van der Waals surface area (Å²) in [5.74, 6) is 0. The van der Waals surface area contributed by atoms with E-state index in [1.54, 1.807) is 0 Å². The summed E-state index contributed by atoms with van der Waals surface area (Å²) in [7, 11) is 0. The predicted molar refractivity (Wildman–Crippen MR) is 108 cm³/mol. The maximum absolute atomic E-state index is 4.61. The van der Waals surface area contributed by atoms with Crippen LogP contribution in [0.2, 0.25) is 0 Å². The molecule has 138 valence electrons. The highest BCUT2D eigenvalue weighted by molar-refractivity contribution is 5.26. The molecule has 1 aromatic carbocycles. The minimum absolute atomic E-state index is 0.370. The molecular formula is C23H26N4. The Bertz CT molecular complexity index is 846. The third-order valence-electron chi connectivity index (χ3n) is 5.13. The first-order chi connectivity index (χ1) is 13.4. The number of pyridine rings is 2. The molecule has 4 nitrogen and oxygen atoms in total. The molecule has 4 rings (SSSR count). The van der Waals surface area contributed by atoms with Gasteiger partial charge in [-0.15, -0.1) is 0 Å². The summed E-state index contributed by atoms with van der Waals surface area (Å²) >= 11 is 0. The average Bonchev–Trinajstić information content (AvgIpc) is 2.74. The molecule has 0 saturated heterocycles. The third-order valence-corrected chi connectivity index (χ3v) is 5.13. The van der Waals surface area contributed by atoms with Gasteiger partial charge in [0.1, 0.15) is 0 Å². The van der Waals surface area contributed by atoms with Gasteiger partial charge in [-0.25, -0.2) is 0 Å². The van der Waals surface area contributed by atoms with Gasteiger partial charge in [0.15, 0.2) is 0 Å². The van der Waals surface area contributed by atoms with E-state index in [0.717, 1.165) is 31.7 Å². The van der Waals surface area contributed by atoms with Gasteiger partial charge in [0.25, 0.3) is 0 Å². The van der Waals surface area contributed by atoms with Crippen molar-refractivity contribution in [3.63, 3.8) is 0 Å². The van der Waals surface area contributed by atoms with E-state index in [4.69, 9.17) is 0 Å². The van der Waals surface area contributed by atoms with Crippen LogP contribution in [0.25, 0.3) is 0 Å². The largest absolute Gasteiger partial charge is 0.307 e. The van der Waals surface area contributed by atoms with Crippen molar-refractivity contribution in [2.24, 2.45) is 0 Å². The van der Waals surface area contributed by atoms with Crippen LogP contribution in [-0.2, 0) is 26.1 Å². The fraction of sp³-hybridized carbons (Fsp3) is 0.304. The summed E-state index contributed by atoms with van der Waals surface area (Å²) < 4.78 is 0. The molecule has 1 unspecified atom stereocenters. The fourth-order valence-electron chi connectivity index (χ4n) is 3.66. The molecule has 2 aromatic heterocycles. The van der Waals surface area contributed by atoms with Crippen molar-refractivity contribution in [2.45, 2.75) is 44.9 Å². The van der Waals surface area contributed by atoms with E-state index in [1.165, 1.54) is 35.2 Å². The Balaban J connectivity index is 1.27. The second-order valence-corrected chi connectivity index (χ2v) is 7.11. The number of aromatic nitrogens is 2. The van der Waals surface area contributed by atoms with Crippen molar-refractivity contribution in [2.75, 3.05) is 0 Å². The maximum atomic E-state index is 4.61. The van der Waals surface area contributed by atoms with Gasteiger partial charge in [0.05, 0.1) is 17.4 Å². The number of nitrogens with one attached hydrogen (secondary N) is 2. The molecule has 0 fully saturated rings. The van der Waals surface area contributed by atoms with Gasteiger partial charge >= 0.3 is 0 Å². The Labute approximate surface area is 161 Å². The number of nitrogens with zero attached hydrogens (tertiary/aromatic N) is 2. The average molecular weight is 358 g/mol. The Hall–Kier alpha value is -2.56. The molecule has 0 aliphatic heterocycles. The zero-order chi connectivity index (χ0) is 18.3. The standard InChI is InChI=1S/C23H26N4/c1-2-13-25-21(7-1)17-24-15-18-9-11-19(12-10-18)16-27-22-8-3-5-20-6-4-14-26-23(20)22/h1-2,4,6-7,9-14,22,24,27H,3,5,8,15-17H2. The predicted octanol–water partition coefficient (Wildman–Crippen LogP) is 3.93. The van der Waals surface area contributed by atoms with E-state index in [0.29, 0.717) is 6.04 Å². The number of hydrogen-bond acceptors (Lipinski definition) is 4. The lowest BCUT2D eigenvalue weighted by atomic mass is 9.92. The quantitative estimate of drug-likeness (QED) is 0.672. The van der Waals surface area contributed by atoms with E-state index in [9.17, 15) is 0 Å². The zero-order valence-electron chi connectivity index (χ0n) is 15.6. The molecule has 27 heavy (non-hydrogen) atoms. The van der Waals surface area contributed by atoms with Crippen molar-refractivity contribution < 1.29 is 0 Å².